The van der Waals surface area contributed by atoms with Crippen molar-refractivity contribution < 1.29 is 23.4 Å². The van der Waals surface area contributed by atoms with E-state index in [-0.39, 0.29) is 18.3 Å². The van der Waals surface area contributed by atoms with Gasteiger partial charge in [-0.15, -0.1) is 0 Å². The number of benzene rings is 2. The first-order valence-corrected chi connectivity index (χ1v) is 7.07. The smallest absolute Gasteiger partial charge is 0.255 e. The molecule has 1 N–H and O–H groups in total. The highest BCUT2D eigenvalue weighted by atomic mass is 19.1. The van der Waals surface area contributed by atoms with Gasteiger partial charge >= 0.3 is 0 Å². The number of halogens is 1. The molecule has 1 heterocycles. The fraction of sp³-hybridized carbons (Fsp3) is 0.235. The molecule has 0 bridgehead atoms. The van der Waals surface area contributed by atoms with Gasteiger partial charge in [0, 0.05) is 5.56 Å². The third-order valence-corrected chi connectivity index (χ3v) is 3.71. The Labute approximate surface area is 133 Å². The van der Waals surface area contributed by atoms with Crippen LogP contribution in [0.1, 0.15) is 22.0 Å². The maximum absolute atomic E-state index is 13.4. The summed E-state index contributed by atoms with van der Waals surface area (Å²) in [4.78, 5) is 12.5. The number of nitrogens with one attached hydrogen (secondary N) is 1. The third kappa shape index (κ3) is 2.92. The first-order valence-electron chi connectivity index (χ1n) is 7.07. The fourth-order valence-corrected chi connectivity index (χ4v) is 2.53. The van der Waals surface area contributed by atoms with Gasteiger partial charge in [-0.25, -0.2) is 4.39 Å². The topological polar surface area (TPSA) is 56.8 Å². The Bertz CT molecular complexity index is 747. The quantitative estimate of drug-likeness (QED) is 0.942. The Morgan fingerprint density at radius 2 is 2.04 bits per heavy atom. The third-order valence-electron chi connectivity index (χ3n) is 3.71. The lowest BCUT2D eigenvalue weighted by Gasteiger charge is -2.14. The average Bonchev–Trinajstić information content (AvgIpc) is 2.96. The minimum Gasteiger partial charge on any atom is -0.497 e. The monoisotopic (exact) mass is 317 g/mol. The van der Waals surface area contributed by atoms with E-state index in [0.717, 1.165) is 0 Å². The van der Waals surface area contributed by atoms with Gasteiger partial charge in [0.25, 0.3) is 5.91 Å². The molecule has 1 atom stereocenters. The molecular formula is C17H16FNO4. The van der Waals surface area contributed by atoms with Crippen LogP contribution in [0.5, 0.6) is 17.2 Å². The Kier molecular flexibility index (Phi) is 4.06. The molecule has 1 aliphatic rings. The summed E-state index contributed by atoms with van der Waals surface area (Å²) >= 11 is 0. The minimum atomic E-state index is -0.413. The van der Waals surface area contributed by atoms with E-state index < -0.39 is 6.04 Å². The summed E-state index contributed by atoms with van der Waals surface area (Å²) in [7, 11) is 3.01. The first-order chi connectivity index (χ1) is 11.1. The predicted molar refractivity (Wildman–Crippen MR) is 81.6 cm³/mol. The summed E-state index contributed by atoms with van der Waals surface area (Å²) in [5, 5.41) is 2.84. The molecule has 0 saturated heterocycles. The average molecular weight is 317 g/mol. The molecule has 0 saturated carbocycles. The van der Waals surface area contributed by atoms with Gasteiger partial charge in [0.05, 0.1) is 25.8 Å². The summed E-state index contributed by atoms with van der Waals surface area (Å²) in [5.74, 6) is 0.847. The Morgan fingerprint density at radius 3 is 2.78 bits per heavy atom. The molecule has 0 spiro atoms. The van der Waals surface area contributed by atoms with Crippen LogP contribution in [0.2, 0.25) is 0 Å². The molecule has 0 aliphatic carbocycles. The van der Waals surface area contributed by atoms with Gasteiger partial charge < -0.3 is 19.5 Å². The molecule has 5 nitrogen and oxygen atoms in total. The SMILES string of the molecule is COc1ccc(OC)c(C(=O)N[C@H]2COc3ccc(F)cc32)c1. The molecule has 1 aliphatic heterocycles. The van der Waals surface area contributed by atoms with E-state index in [0.29, 0.717) is 28.4 Å². The van der Waals surface area contributed by atoms with Crippen LogP contribution in [0.3, 0.4) is 0 Å². The molecule has 120 valence electrons. The molecule has 2 aromatic carbocycles. The molecule has 23 heavy (non-hydrogen) atoms. The zero-order chi connectivity index (χ0) is 16.4. The molecule has 0 radical (unpaired) electrons. The zero-order valence-corrected chi connectivity index (χ0v) is 12.8. The summed E-state index contributed by atoms with van der Waals surface area (Å²) < 4.78 is 29.2. The number of ether oxygens (including phenoxy) is 3. The zero-order valence-electron chi connectivity index (χ0n) is 12.8. The van der Waals surface area contributed by atoms with Gasteiger partial charge in [-0.1, -0.05) is 0 Å². The summed E-state index contributed by atoms with van der Waals surface area (Å²) in [6, 6.07) is 8.80. The highest BCUT2D eigenvalue weighted by Crippen LogP contribution is 2.33. The first kappa shape index (κ1) is 15.1. The van der Waals surface area contributed by atoms with Crippen molar-refractivity contribution in [3.05, 3.63) is 53.3 Å². The van der Waals surface area contributed by atoms with Crippen molar-refractivity contribution in [1.29, 1.82) is 0 Å². The van der Waals surface area contributed by atoms with Gasteiger partial charge in [0.2, 0.25) is 0 Å². The molecule has 3 rings (SSSR count). The number of amides is 1. The number of methoxy groups -OCH3 is 2. The Morgan fingerprint density at radius 1 is 1.22 bits per heavy atom. The van der Waals surface area contributed by atoms with E-state index in [9.17, 15) is 9.18 Å². The maximum atomic E-state index is 13.4. The standard InChI is InChI=1S/C17H16FNO4/c1-21-11-4-6-15(22-2)13(8-11)17(20)19-14-9-23-16-5-3-10(18)7-12(14)16/h3-8,14H,9H2,1-2H3,(H,19,20)/t14-/m0/s1. The van der Waals surface area contributed by atoms with Gasteiger partial charge in [-0.05, 0) is 36.4 Å². The molecule has 0 unspecified atom stereocenters. The highest BCUT2D eigenvalue weighted by Gasteiger charge is 2.27. The molecular weight excluding hydrogens is 301 g/mol. The van der Waals surface area contributed by atoms with Crippen LogP contribution in [0, 0.1) is 5.82 Å². The van der Waals surface area contributed by atoms with Gasteiger partial charge in [-0.3, -0.25) is 4.79 Å². The predicted octanol–water partition coefficient (Wildman–Crippen LogP) is 2.71. The maximum Gasteiger partial charge on any atom is 0.255 e. The lowest BCUT2D eigenvalue weighted by Crippen LogP contribution is -2.29. The van der Waals surface area contributed by atoms with E-state index in [4.69, 9.17) is 14.2 Å². The molecule has 1 amide bonds. The van der Waals surface area contributed by atoms with Crippen LogP contribution in [-0.4, -0.2) is 26.7 Å². The number of hydrogen-bond acceptors (Lipinski definition) is 4. The van der Waals surface area contributed by atoms with Crippen molar-refractivity contribution in [3.63, 3.8) is 0 Å². The number of carbonyl (C=O) groups is 1. The van der Waals surface area contributed by atoms with Gasteiger partial charge in [0.1, 0.15) is 29.7 Å². The van der Waals surface area contributed by atoms with Crippen molar-refractivity contribution in [2.24, 2.45) is 0 Å². The minimum absolute atomic E-state index is 0.261. The van der Waals surface area contributed by atoms with Crippen molar-refractivity contribution >= 4 is 5.91 Å². The lowest BCUT2D eigenvalue weighted by molar-refractivity contribution is 0.0927. The Hall–Kier alpha value is -2.76. The number of hydrogen-bond donors (Lipinski definition) is 1. The van der Waals surface area contributed by atoms with Crippen LogP contribution in [0.4, 0.5) is 4.39 Å². The second-order valence-corrected chi connectivity index (χ2v) is 5.09. The molecule has 2 aromatic rings. The van der Waals surface area contributed by atoms with E-state index in [1.165, 1.54) is 26.4 Å². The van der Waals surface area contributed by atoms with Gasteiger partial charge in [0.15, 0.2) is 0 Å². The second-order valence-electron chi connectivity index (χ2n) is 5.09. The number of carbonyl (C=O) groups excluding carboxylic acids is 1. The number of fused-ring (bicyclic) bond motifs is 1. The van der Waals surface area contributed by atoms with E-state index in [1.807, 2.05) is 0 Å². The van der Waals surface area contributed by atoms with Crippen LogP contribution >= 0.6 is 0 Å². The van der Waals surface area contributed by atoms with Crippen LogP contribution in [0.15, 0.2) is 36.4 Å². The normalized spacial score (nSPS) is 15.5. The van der Waals surface area contributed by atoms with Crippen molar-refractivity contribution in [2.75, 3.05) is 20.8 Å². The van der Waals surface area contributed by atoms with Crippen molar-refractivity contribution in [2.45, 2.75) is 6.04 Å². The van der Waals surface area contributed by atoms with E-state index in [2.05, 4.69) is 5.32 Å². The largest absolute Gasteiger partial charge is 0.497 e. The van der Waals surface area contributed by atoms with Crippen molar-refractivity contribution in [3.8, 4) is 17.2 Å². The Balaban J connectivity index is 1.85. The number of rotatable bonds is 4. The van der Waals surface area contributed by atoms with Crippen molar-refractivity contribution in [1.82, 2.24) is 5.32 Å². The summed E-state index contributed by atoms with van der Waals surface area (Å²) in [6.07, 6.45) is 0. The van der Waals surface area contributed by atoms with Crippen LogP contribution < -0.4 is 19.5 Å². The summed E-state index contributed by atoms with van der Waals surface area (Å²) in [5.41, 5.74) is 0.969. The van der Waals surface area contributed by atoms with E-state index in [1.54, 1.807) is 24.3 Å². The van der Waals surface area contributed by atoms with Crippen LogP contribution in [-0.2, 0) is 0 Å². The lowest BCUT2D eigenvalue weighted by atomic mass is 10.1. The second kappa shape index (κ2) is 6.16. The molecule has 0 fully saturated rings. The molecule has 0 aromatic heterocycles. The molecule has 6 heteroatoms. The highest BCUT2D eigenvalue weighted by molar-refractivity contribution is 5.97. The summed E-state index contributed by atoms with van der Waals surface area (Å²) in [6.45, 7) is 0.261. The van der Waals surface area contributed by atoms with Crippen LogP contribution in [0.25, 0.3) is 0 Å². The van der Waals surface area contributed by atoms with E-state index >= 15 is 0 Å². The van der Waals surface area contributed by atoms with Gasteiger partial charge in [-0.2, -0.15) is 0 Å². The fourth-order valence-electron chi connectivity index (χ4n) is 2.53.